The van der Waals surface area contributed by atoms with Gasteiger partial charge in [0.15, 0.2) is 5.84 Å². The first kappa shape index (κ1) is 33.7. The summed E-state index contributed by atoms with van der Waals surface area (Å²) >= 11 is 6.21. The van der Waals surface area contributed by atoms with Crippen molar-refractivity contribution in [3.63, 3.8) is 0 Å². The van der Waals surface area contributed by atoms with Crippen molar-refractivity contribution in [2.45, 2.75) is 24.3 Å². The van der Waals surface area contributed by atoms with E-state index in [0.717, 1.165) is 39.2 Å². The number of hydrogen-bond donors (Lipinski definition) is 3. The van der Waals surface area contributed by atoms with Crippen molar-refractivity contribution in [3.8, 4) is 0 Å². The molecular weight excluding hydrogens is 661 g/mol. The van der Waals surface area contributed by atoms with Gasteiger partial charge in [-0.15, -0.1) is 0 Å². The van der Waals surface area contributed by atoms with Crippen LogP contribution in [0.4, 0.5) is 24.5 Å². The third-order valence-electron chi connectivity index (χ3n) is 7.59. The molecule has 0 saturated heterocycles. The fourth-order valence-corrected chi connectivity index (χ4v) is 5.43. The second kappa shape index (κ2) is 13.2. The van der Waals surface area contributed by atoms with Gasteiger partial charge in [-0.1, -0.05) is 59.2 Å². The van der Waals surface area contributed by atoms with Gasteiger partial charge < -0.3 is 25.5 Å². The number of ether oxygens (including phenoxy) is 1. The number of anilines is 2. The van der Waals surface area contributed by atoms with Crippen molar-refractivity contribution >= 4 is 44.8 Å². The summed E-state index contributed by atoms with van der Waals surface area (Å²) in [7, 11) is -2.37. The van der Waals surface area contributed by atoms with Crippen LogP contribution in [0.2, 0.25) is 5.02 Å². The van der Waals surface area contributed by atoms with E-state index in [9.17, 15) is 18.0 Å². The average Bonchev–Trinajstić information content (AvgIpc) is 3.60. The lowest BCUT2D eigenvalue weighted by atomic mass is 9.85. The molecule has 2 aliphatic rings. The molecule has 4 aromatic rings. The van der Waals surface area contributed by atoms with Crippen LogP contribution >= 0.6 is 11.6 Å². The van der Waals surface area contributed by atoms with Crippen molar-refractivity contribution in [3.05, 3.63) is 129 Å². The lowest BCUT2D eigenvalue weighted by molar-refractivity contribution is -0.0510. The highest BCUT2D eigenvalue weighted by Crippen LogP contribution is 2.55. The Kier molecular flexibility index (Phi) is 9.50. The summed E-state index contributed by atoms with van der Waals surface area (Å²) < 4.78 is 63.9. The first-order valence-electron chi connectivity index (χ1n) is 13.9. The molecule has 10 nitrogen and oxygen atoms in total. The summed E-state index contributed by atoms with van der Waals surface area (Å²) in [6.07, 6.45) is -0.317. The Bertz CT molecular complexity index is 1960. The van der Waals surface area contributed by atoms with Crippen LogP contribution in [0, 0.1) is 0 Å². The molecule has 47 heavy (non-hydrogen) atoms. The molecule has 246 valence electrons. The Morgan fingerprint density at radius 2 is 1.53 bits per heavy atom. The van der Waals surface area contributed by atoms with Crippen LogP contribution < -0.4 is 16.0 Å². The monoisotopic (exact) mass is 688 g/mol. The quantitative estimate of drug-likeness (QED) is 0.0683. The molecule has 0 aliphatic carbocycles. The first-order valence-corrected chi connectivity index (χ1v) is 15.7. The minimum Gasteiger partial charge on any atom is -0.397 e. The minimum atomic E-state index is -5.84. The van der Waals surface area contributed by atoms with Crippen molar-refractivity contribution in [1.82, 2.24) is 5.32 Å². The molecule has 2 heterocycles. The van der Waals surface area contributed by atoms with Crippen LogP contribution in [0.25, 0.3) is 0 Å². The van der Waals surface area contributed by atoms with E-state index < -0.39 is 15.6 Å². The zero-order valence-corrected chi connectivity index (χ0v) is 26.4. The molecule has 4 N–H and O–H groups in total. The molecule has 2 aliphatic heterocycles. The molecule has 0 spiro atoms. The maximum absolute atomic E-state index is 13.0. The molecule has 2 bridgehead atoms. The lowest BCUT2D eigenvalue weighted by Gasteiger charge is -2.23. The number of nitrogens with zero attached hydrogens (tertiary/aromatic N) is 2. The second-order valence-corrected chi connectivity index (χ2v) is 12.4. The summed E-state index contributed by atoms with van der Waals surface area (Å²) in [6, 6.07) is 27.5. The number of oxime groups is 1. The zero-order valence-electron chi connectivity index (χ0n) is 24.8. The van der Waals surface area contributed by atoms with E-state index in [2.05, 4.69) is 33.6 Å². The van der Waals surface area contributed by atoms with Crippen molar-refractivity contribution in [2.75, 3.05) is 19.1 Å². The van der Waals surface area contributed by atoms with E-state index >= 15 is 0 Å². The van der Waals surface area contributed by atoms with E-state index in [1.807, 2.05) is 73.8 Å². The number of carbonyl (C=O) groups is 1. The molecule has 0 unspecified atom stereocenters. The molecule has 6 rings (SSSR count). The number of alkyl halides is 3. The summed E-state index contributed by atoms with van der Waals surface area (Å²) in [5, 5.41) is 7.44. The maximum Gasteiger partial charge on any atom is 0.522 e. The number of fused-ring (bicyclic) bond motifs is 8. The molecule has 1 amide bonds. The Hall–Kier alpha value is -4.63. The number of benzene rings is 4. The van der Waals surface area contributed by atoms with Gasteiger partial charge in [0.1, 0.15) is 19.3 Å². The van der Waals surface area contributed by atoms with Crippen LogP contribution in [0.15, 0.2) is 90.1 Å². The van der Waals surface area contributed by atoms with Gasteiger partial charge >= 0.3 is 15.6 Å². The van der Waals surface area contributed by atoms with Crippen molar-refractivity contribution < 1.29 is 40.5 Å². The number of carbonyl (C=O) groups excluding carboxylic acids is 1. The van der Waals surface area contributed by atoms with E-state index in [4.69, 9.17) is 39.9 Å². The summed E-state index contributed by atoms with van der Waals surface area (Å²) in [5.74, 6) is 0.160. The van der Waals surface area contributed by atoms with Gasteiger partial charge in [0.05, 0.1) is 0 Å². The Balaban J connectivity index is 0.000000483. The SMILES string of the molecule is CON=C(N)c1ccc(CNC(=O)c2ccc3c(c2)[C@@H]2O[C@H]3c3ccc(N(C)c4cccc(Cl)c4)cc32)cc1.O=S(=O)(O)C(F)(F)F. The summed E-state index contributed by atoms with van der Waals surface area (Å²) in [5.41, 5.74) is 9.13. The largest absolute Gasteiger partial charge is 0.522 e. The number of rotatable bonds is 7. The van der Waals surface area contributed by atoms with Crippen LogP contribution in [-0.2, 0) is 26.2 Å². The fourth-order valence-electron chi connectivity index (χ4n) is 5.25. The van der Waals surface area contributed by atoms with Crippen molar-refractivity contribution in [2.24, 2.45) is 10.9 Å². The number of amidine groups is 1. The average molecular weight is 689 g/mol. The van der Waals surface area contributed by atoms with Gasteiger partial charge in [0.2, 0.25) is 0 Å². The first-order chi connectivity index (χ1) is 22.2. The highest BCUT2D eigenvalue weighted by atomic mass is 35.5. The molecule has 0 fully saturated rings. The van der Waals surface area contributed by atoms with Gasteiger partial charge in [0.25, 0.3) is 5.91 Å². The van der Waals surface area contributed by atoms with Crippen LogP contribution in [0.1, 0.15) is 55.9 Å². The molecule has 15 heteroatoms. The second-order valence-electron chi connectivity index (χ2n) is 10.6. The molecule has 0 saturated carbocycles. The standard InChI is InChI=1S/C31H27ClN4O3.CHF3O3S/c1-36(22-5-3-4-21(32)15-22)23-11-13-25-27(16-23)29-26-14-20(10-12-24(26)28(25)39-29)31(37)34-17-18-6-8-19(9-7-18)30(33)35-38-2;2-1(3,4)8(5,6)7/h3-16,28-29H,17H2,1-2H3,(H2,33,35)(H,34,37);(H,5,6,7)/t28-,29+;/m1./s1. The maximum atomic E-state index is 13.0. The third-order valence-corrected chi connectivity index (χ3v) is 8.41. The molecule has 0 aromatic heterocycles. The fraction of sp³-hybridized carbons (Fsp3) is 0.188. The Morgan fingerprint density at radius 1 is 0.957 bits per heavy atom. The predicted octanol–water partition coefficient (Wildman–Crippen LogP) is 6.22. The number of halogens is 4. The zero-order chi connectivity index (χ0) is 34.1. The normalized spacial score (nSPS) is 16.4. The van der Waals surface area contributed by atoms with Gasteiger partial charge in [-0.25, -0.2) is 0 Å². The molecule has 2 atom stereocenters. The third kappa shape index (κ3) is 7.20. The highest BCUT2D eigenvalue weighted by Gasteiger charge is 2.44. The van der Waals surface area contributed by atoms with Crippen LogP contribution in [0.5, 0.6) is 0 Å². The van der Waals surface area contributed by atoms with Crippen molar-refractivity contribution in [1.29, 1.82) is 0 Å². The number of nitrogens with two attached hydrogens (primary N) is 1. The minimum absolute atomic E-state index is 0.116. The highest BCUT2D eigenvalue weighted by molar-refractivity contribution is 7.86. The molecule has 4 aromatic carbocycles. The van der Waals surface area contributed by atoms with Crippen LogP contribution in [0.3, 0.4) is 0 Å². The summed E-state index contributed by atoms with van der Waals surface area (Å²) in [4.78, 5) is 19.9. The smallest absolute Gasteiger partial charge is 0.397 e. The van der Waals surface area contributed by atoms with Gasteiger partial charge in [-0.3, -0.25) is 9.35 Å². The predicted molar refractivity (Wildman–Crippen MR) is 170 cm³/mol. The lowest BCUT2D eigenvalue weighted by Crippen LogP contribution is -2.23. The number of amides is 1. The molecular formula is C32H28ClF3N4O6S. The van der Waals surface area contributed by atoms with Gasteiger partial charge in [0, 0.05) is 41.1 Å². The molecule has 0 radical (unpaired) electrons. The summed E-state index contributed by atoms with van der Waals surface area (Å²) in [6.45, 7) is 0.391. The van der Waals surface area contributed by atoms with Gasteiger partial charge in [-0.05, 0) is 70.3 Å². The van der Waals surface area contributed by atoms with E-state index in [1.165, 1.54) is 12.7 Å². The topological polar surface area (TPSA) is 144 Å². The van der Waals surface area contributed by atoms with E-state index in [0.29, 0.717) is 23.0 Å². The number of hydrogen-bond acceptors (Lipinski definition) is 7. The van der Waals surface area contributed by atoms with Gasteiger partial charge in [-0.2, -0.15) is 21.6 Å². The Labute approximate surface area is 273 Å². The van der Waals surface area contributed by atoms with Crippen LogP contribution in [-0.4, -0.2) is 44.4 Å². The number of nitrogens with one attached hydrogen (secondary N) is 1. The Morgan fingerprint density at radius 3 is 2.15 bits per heavy atom. The van der Waals surface area contributed by atoms with E-state index in [-0.39, 0.29) is 18.1 Å². The van der Waals surface area contributed by atoms with E-state index in [1.54, 1.807) is 0 Å².